The van der Waals surface area contributed by atoms with Crippen molar-refractivity contribution in [2.75, 3.05) is 5.32 Å². The highest BCUT2D eigenvalue weighted by molar-refractivity contribution is 6.31. The van der Waals surface area contributed by atoms with Crippen LogP contribution in [0.4, 0.5) is 10.2 Å². The number of ether oxygens (including phenoxy) is 1. The molecule has 3 aliphatic rings. The summed E-state index contributed by atoms with van der Waals surface area (Å²) in [6.07, 6.45) is 9.53. The minimum Gasteiger partial charge on any atom is -0.463 e. The molecule has 0 amide bonds. The maximum Gasteiger partial charge on any atom is 0.311 e. The van der Waals surface area contributed by atoms with Crippen molar-refractivity contribution in [1.29, 1.82) is 0 Å². The van der Waals surface area contributed by atoms with Gasteiger partial charge in [0.15, 0.2) is 17.5 Å². The number of nitrogens with zero attached hydrogens (tertiary/aromatic N) is 2. The van der Waals surface area contributed by atoms with Crippen LogP contribution in [0.3, 0.4) is 0 Å². The molecule has 1 aromatic rings. The molecule has 0 bridgehead atoms. The topological polar surface area (TPSA) is 88.2 Å². The molecular formula is C21H25ClFN5O2. The number of esters is 1. The number of allylic oxidation sites excluding steroid dienone is 2. The van der Waals surface area contributed by atoms with Crippen LogP contribution in [0, 0.1) is 11.7 Å². The number of dihydropyridines is 1. The third-order valence-electron chi connectivity index (χ3n) is 5.43. The Balaban J connectivity index is 1.56. The minimum atomic E-state index is -0.558. The molecular weight excluding hydrogens is 409 g/mol. The van der Waals surface area contributed by atoms with E-state index in [2.05, 4.69) is 25.9 Å². The molecule has 0 spiro atoms. The van der Waals surface area contributed by atoms with E-state index in [0.29, 0.717) is 17.3 Å². The molecule has 7 nitrogen and oxygen atoms in total. The minimum absolute atomic E-state index is 0.0876. The second-order valence-corrected chi connectivity index (χ2v) is 8.41. The summed E-state index contributed by atoms with van der Waals surface area (Å²) in [6, 6.07) is -0.237. The van der Waals surface area contributed by atoms with Crippen molar-refractivity contribution in [3.63, 3.8) is 0 Å². The van der Waals surface area contributed by atoms with E-state index in [0.717, 1.165) is 36.6 Å². The van der Waals surface area contributed by atoms with Crippen LogP contribution < -0.4 is 16.0 Å². The van der Waals surface area contributed by atoms with Gasteiger partial charge in [0.25, 0.3) is 0 Å². The van der Waals surface area contributed by atoms with Crippen LogP contribution in [0.15, 0.2) is 35.3 Å². The number of aromatic nitrogens is 2. The Bertz CT molecular complexity index is 930. The van der Waals surface area contributed by atoms with E-state index in [1.165, 1.54) is 0 Å². The third kappa shape index (κ3) is 4.28. The van der Waals surface area contributed by atoms with Crippen molar-refractivity contribution < 1.29 is 13.9 Å². The van der Waals surface area contributed by atoms with Crippen LogP contribution in [0.25, 0.3) is 5.57 Å². The number of rotatable bonds is 5. The lowest BCUT2D eigenvalue weighted by molar-refractivity contribution is -0.153. The number of fused-ring (bicyclic) bond motifs is 1. The zero-order valence-corrected chi connectivity index (χ0v) is 17.7. The Morgan fingerprint density at radius 2 is 2.07 bits per heavy atom. The molecule has 1 aromatic heterocycles. The summed E-state index contributed by atoms with van der Waals surface area (Å²) in [6.45, 7) is 3.65. The zero-order chi connectivity index (χ0) is 21.3. The molecule has 0 saturated heterocycles. The van der Waals surface area contributed by atoms with E-state index in [9.17, 15) is 9.18 Å². The van der Waals surface area contributed by atoms with Crippen LogP contribution in [0.5, 0.6) is 0 Å². The Morgan fingerprint density at radius 1 is 1.30 bits per heavy atom. The molecule has 3 atom stereocenters. The number of carbonyl (C=O) groups excluding carboxylic acids is 1. The number of anilines is 1. The van der Waals surface area contributed by atoms with Gasteiger partial charge in [0.2, 0.25) is 0 Å². The Morgan fingerprint density at radius 3 is 2.87 bits per heavy atom. The van der Waals surface area contributed by atoms with E-state index in [4.69, 9.17) is 16.3 Å². The van der Waals surface area contributed by atoms with Gasteiger partial charge in [0.05, 0.1) is 23.3 Å². The van der Waals surface area contributed by atoms with Gasteiger partial charge in [-0.2, -0.15) is 0 Å². The van der Waals surface area contributed by atoms with Gasteiger partial charge in [-0.05, 0) is 32.8 Å². The lowest BCUT2D eigenvalue weighted by atomic mass is 9.84. The summed E-state index contributed by atoms with van der Waals surface area (Å²) >= 11 is 6.11. The Hall–Kier alpha value is -2.61. The normalized spacial score (nSPS) is 25.4. The summed E-state index contributed by atoms with van der Waals surface area (Å²) in [4.78, 5) is 21.1. The Kier molecular flexibility index (Phi) is 5.94. The van der Waals surface area contributed by atoms with Gasteiger partial charge >= 0.3 is 5.97 Å². The third-order valence-corrected chi connectivity index (χ3v) is 5.64. The molecule has 0 radical (unpaired) electrons. The maximum atomic E-state index is 14.5. The molecule has 3 N–H and O–H groups in total. The fraction of sp³-hybridized carbons (Fsp3) is 0.476. The Labute approximate surface area is 179 Å². The van der Waals surface area contributed by atoms with Crippen LogP contribution in [0.2, 0.25) is 0 Å². The van der Waals surface area contributed by atoms with Crippen molar-refractivity contribution in [2.24, 2.45) is 5.92 Å². The van der Waals surface area contributed by atoms with Crippen LogP contribution in [0.1, 0.15) is 45.4 Å². The zero-order valence-electron chi connectivity index (χ0n) is 16.9. The number of nitrogens with one attached hydrogen (secondary N) is 3. The van der Waals surface area contributed by atoms with Gasteiger partial charge in [-0.3, -0.25) is 4.79 Å². The van der Waals surface area contributed by atoms with E-state index < -0.39 is 5.82 Å². The summed E-state index contributed by atoms with van der Waals surface area (Å²) in [5.74, 6) is -0.667. The molecule has 1 unspecified atom stereocenters. The molecule has 3 heterocycles. The van der Waals surface area contributed by atoms with Crippen LogP contribution in [-0.2, 0) is 9.53 Å². The molecule has 9 heteroatoms. The fourth-order valence-corrected chi connectivity index (χ4v) is 4.20. The second-order valence-electron chi connectivity index (χ2n) is 7.97. The van der Waals surface area contributed by atoms with Gasteiger partial charge < -0.3 is 20.7 Å². The number of carbonyl (C=O) groups is 1. The number of halogens is 2. The number of hydrogen-bond acceptors (Lipinski definition) is 7. The lowest BCUT2D eigenvalue weighted by Crippen LogP contribution is -2.39. The first-order valence-electron chi connectivity index (χ1n) is 10.2. The van der Waals surface area contributed by atoms with Crippen molar-refractivity contribution >= 4 is 29.0 Å². The molecule has 1 saturated carbocycles. The van der Waals surface area contributed by atoms with Crippen molar-refractivity contribution in [1.82, 2.24) is 20.6 Å². The van der Waals surface area contributed by atoms with Crippen molar-refractivity contribution in [3.8, 4) is 0 Å². The summed E-state index contributed by atoms with van der Waals surface area (Å²) in [5.41, 5.74) is 1.62. The average Bonchev–Trinajstić information content (AvgIpc) is 3.12. The molecule has 1 aliphatic carbocycles. The quantitative estimate of drug-likeness (QED) is 0.613. The molecule has 0 aromatic carbocycles. The van der Waals surface area contributed by atoms with Gasteiger partial charge in [-0.1, -0.05) is 24.4 Å². The van der Waals surface area contributed by atoms with Crippen LogP contribution in [-0.4, -0.2) is 34.2 Å². The smallest absolute Gasteiger partial charge is 0.311 e. The predicted molar refractivity (Wildman–Crippen MR) is 113 cm³/mol. The fourth-order valence-electron chi connectivity index (χ4n) is 4.02. The van der Waals surface area contributed by atoms with Crippen LogP contribution >= 0.6 is 11.6 Å². The number of hydrogen-bond donors (Lipinski definition) is 3. The lowest BCUT2D eigenvalue weighted by Gasteiger charge is -2.31. The van der Waals surface area contributed by atoms with Gasteiger partial charge in [0, 0.05) is 29.6 Å². The SMILES string of the molecule is CC(C)OC(=O)[C@H]1CCCC[C@@H]1Nc1nc(C2=CNC3NC=C(Cl)C=C23)ncc1F. The van der Waals surface area contributed by atoms with Gasteiger partial charge in [-0.25, -0.2) is 14.4 Å². The molecule has 4 rings (SSSR count). The first-order valence-corrected chi connectivity index (χ1v) is 10.6. The van der Waals surface area contributed by atoms with E-state index in [1.54, 1.807) is 12.4 Å². The van der Waals surface area contributed by atoms with Gasteiger partial charge in [-0.15, -0.1) is 0 Å². The molecule has 160 valence electrons. The highest BCUT2D eigenvalue weighted by Gasteiger charge is 2.34. The van der Waals surface area contributed by atoms with E-state index in [-0.39, 0.29) is 36.0 Å². The summed E-state index contributed by atoms with van der Waals surface area (Å²) in [7, 11) is 0. The first kappa shape index (κ1) is 20.7. The second kappa shape index (κ2) is 8.63. The highest BCUT2D eigenvalue weighted by Crippen LogP contribution is 2.32. The highest BCUT2D eigenvalue weighted by atomic mass is 35.5. The standard InChI is InChI=1S/C21H25ClFN5O2/c1-11(2)30-21(29)13-5-3-4-6-17(13)27-20-16(23)10-26-19(28-20)15-9-25-18-14(15)7-12(22)8-24-18/h7-11,13,17-18,24-25H,3-6H2,1-2H3,(H,26,27,28)/t13-,17-,18?/m0/s1. The summed E-state index contributed by atoms with van der Waals surface area (Å²) < 4.78 is 20.0. The summed E-state index contributed by atoms with van der Waals surface area (Å²) in [5, 5.41) is 10.0. The molecule has 30 heavy (non-hydrogen) atoms. The molecule has 1 fully saturated rings. The molecule has 2 aliphatic heterocycles. The average molecular weight is 434 g/mol. The van der Waals surface area contributed by atoms with E-state index >= 15 is 0 Å². The monoisotopic (exact) mass is 433 g/mol. The first-order chi connectivity index (χ1) is 14.4. The van der Waals surface area contributed by atoms with Gasteiger partial charge in [0.1, 0.15) is 6.17 Å². The maximum absolute atomic E-state index is 14.5. The van der Waals surface area contributed by atoms with Crippen molar-refractivity contribution in [3.05, 3.63) is 46.9 Å². The van der Waals surface area contributed by atoms with Crippen molar-refractivity contribution in [2.45, 2.75) is 57.8 Å². The van der Waals surface area contributed by atoms with E-state index in [1.807, 2.05) is 19.9 Å². The largest absolute Gasteiger partial charge is 0.463 e. The predicted octanol–water partition coefficient (Wildman–Crippen LogP) is 3.42.